The molecule has 9 heteroatoms. The topological polar surface area (TPSA) is 107 Å². The van der Waals surface area contributed by atoms with Gasteiger partial charge in [0.2, 0.25) is 0 Å². The summed E-state index contributed by atoms with van der Waals surface area (Å²) in [5, 5.41) is 20.9. The van der Waals surface area contributed by atoms with E-state index in [0.29, 0.717) is 22.3 Å². The molecule has 0 aliphatic carbocycles. The number of carbonyl (C=O) groups is 1. The van der Waals surface area contributed by atoms with Gasteiger partial charge in [-0.2, -0.15) is 5.10 Å². The number of anilines is 2. The van der Waals surface area contributed by atoms with Crippen LogP contribution in [0.3, 0.4) is 0 Å². The molecule has 0 saturated heterocycles. The van der Waals surface area contributed by atoms with Crippen molar-refractivity contribution in [3.05, 3.63) is 40.5 Å². The van der Waals surface area contributed by atoms with E-state index in [1.54, 1.807) is 12.1 Å². The van der Waals surface area contributed by atoms with Crippen molar-refractivity contribution in [2.24, 2.45) is 0 Å². The average Bonchev–Trinajstić information content (AvgIpc) is 3.07. The second-order valence-electron chi connectivity index (χ2n) is 4.73. The predicted molar refractivity (Wildman–Crippen MR) is 81.0 cm³/mol. The summed E-state index contributed by atoms with van der Waals surface area (Å²) in [6, 6.07) is 6.81. The van der Waals surface area contributed by atoms with E-state index in [-0.39, 0.29) is 23.7 Å². The number of aromatic nitrogens is 4. The summed E-state index contributed by atoms with van der Waals surface area (Å²) in [6.07, 6.45) is 0. The number of nitrogens with one attached hydrogen (secondary N) is 2. The molecule has 0 amide bonds. The number of H-pyrrole nitrogens is 1. The van der Waals surface area contributed by atoms with E-state index in [2.05, 4.69) is 25.5 Å². The Kier molecular flexibility index (Phi) is 5.21. The first kappa shape index (κ1) is 17.2. The smallest absolute Gasteiger partial charge is 0.544 e. The Labute approximate surface area is 148 Å². The largest absolute Gasteiger partial charge is 1.00 e. The van der Waals surface area contributed by atoms with Gasteiger partial charge in [-0.05, 0) is 26.0 Å². The molecule has 0 spiro atoms. The van der Waals surface area contributed by atoms with Gasteiger partial charge in [0, 0.05) is 23.5 Å². The minimum absolute atomic E-state index is 0. The molecular weight excluding hydrogens is 309 g/mol. The molecule has 0 aliphatic rings. The monoisotopic (exact) mass is 321 g/mol. The molecule has 3 rings (SSSR count). The molecule has 0 aromatic carbocycles. The van der Waals surface area contributed by atoms with Crippen LogP contribution in [-0.4, -0.2) is 26.1 Å². The maximum atomic E-state index is 10.9. The summed E-state index contributed by atoms with van der Waals surface area (Å²) in [4.78, 5) is 20.4. The Bertz CT molecular complexity index is 845. The first-order chi connectivity index (χ1) is 10.5. The maximum Gasteiger partial charge on any atom is 1.00 e. The van der Waals surface area contributed by atoms with Crippen LogP contribution >= 0.6 is 11.3 Å². The van der Waals surface area contributed by atoms with E-state index < -0.39 is 5.97 Å². The number of aromatic carboxylic acids is 1. The normalized spacial score (nSPS) is 10.2. The fourth-order valence-corrected chi connectivity index (χ4v) is 2.70. The molecule has 0 radical (unpaired) electrons. The molecule has 23 heavy (non-hydrogen) atoms. The predicted octanol–water partition coefficient (Wildman–Crippen LogP) is -1.34. The van der Waals surface area contributed by atoms with Gasteiger partial charge >= 0.3 is 18.9 Å². The molecule has 0 unspecified atom stereocenters. The molecule has 0 fully saturated rings. The van der Waals surface area contributed by atoms with Crippen LogP contribution in [0.1, 0.15) is 21.1 Å². The zero-order valence-electron chi connectivity index (χ0n) is 12.9. The van der Waals surface area contributed by atoms with Crippen LogP contribution in [0.2, 0.25) is 0 Å². The van der Waals surface area contributed by atoms with Crippen molar-refractivity contribution >= 4 is 28.9 Å². The van der Waals surface area contributed by atoms with Gasteiger partial charge in [-0.25, -0.2) is 9.97 Å². The van der Waals surface area contributed by atoms with Crippen LogP contribution < -0.4 is 29.3 Å². The number of hydrogen-bond acceptors (Lipinski definition) is 7. The fraction of sp³-hybridized carbons (Fsp3) is 0.143. The van der Waals surface area contributed by atoms with Gasteiger partial charge in [0.25, 0.3) is 0 Å². The van der Waals surface area contributed by atoms with Crippen molar-refractivity contribution in [3.63, 3.8) is 0 Å². The molecule has 0 saturated carbocycles. The van der Waals surface area contributed by atoms with Crippen LogP contribution in [0, 0.1) is 13.8 Å². The average molecular weight is 321 g/mol. The zero-order valence-corrected chi connectivity index (χ0v) is 13.7. The number of thiophene rings is 1. The second-order valence-corrected chi connectivity index (χ2v) is 5.81. The fourth-order valence-electron chi connectivity index (χ4n) is 1.92. The van der Waals surface area contributed by atoms with Crippen molar-refractivity contribution in [2.45, 2.75) is 13.8 Å². The Morgan fingerprint density at radius 2 is 2.00 bits per heavy atom. The zero-order chi connectivity index (χ0) is 15.7. The van der Waals surface area contributed by atoms with Gasteiger partial charge in [0.1, 0.15) is 5.82 Å². The Morgan fingerprint density at radius 3 is 2.61 bits per heavy atom. The summed E-state index contributed by atoms with van der Waals surface area (Å²) in [7, 11) is 0. The summed E-state index contributed by atoms with van der Waals surface area (Å²) in [6.45, 7) is 3.75. The van der Waals surface area contributed by atoms with E-state index in [1.807, 2.05) is 19.9 Å². The molecule has 3 heterocycles. The van der Waals surface area contributed by atoms with Crippen molar-refractivity contribution in [3.8, 4) is 10.7 Å². The summed E-state index contributed by atoms with van der Waals surface area (Å²) >= 11 is 1.09. The number of aryl methyl sites for hydroxylation is 2. The number of rotatable bonds is 4. The van der Waals surface area contributed by atoms with Gasteiger partial charge in [-0.1, -0.05) is 0 Å². The number of carbonyl (C=O) groups excluding carboxylic acids is 1. The van der Waals surface area contributed by atoms with Crippen molar-refractivity contribution < 1.29 is 28.8 Å². The van der Waals surface area contributed by atoms with Crippen LogP contribution in [0.4, 0.5) is 11.6 Å². The molecule has 3 aromatic heterocycles. The third-order valence-electron chi connectivity index (χ3n) is 2.84. The van der Waals surface area contributed by atoms with Gasteiger partial charge in [0.15, 0.2) is 11.6 Å². The van der Waals surface area contributed by atoms with Crippen LogP contribution in [0.25, 0.3) is 10.7 Å². The molecule has 3 aromatic rings. The molecule has 0 aliphatic heterocycles. The Morgan fingerprint density at radius 1 is 1.22 bits per heavy atom. The quantitative estimate of drug-likeness (QED) is 0.576. The van der Waals surface area contributed by atoms with E-state index in [1.165, 1.54) is 6.07 Å². The number of carboxylic acids is 1. The van der Waals surface area contributed by atoms with E-state index >= 15 is 0 Å². The van der Waals surface area contributed by atoms with E-state index in [9.17, 15) is 9.90 Å². The third-order valence-corrected chi connectivity index (χ3v) is 3.91. The first-order valence-electron chi connectivity index (χ1n) is 6.47. The minimum Gasteiger partial charge on any atom is -0.544 e. The van der Waals surface area contributed by atoms with Crippen LogP contribution in [-0.2, 0) is 0 Å². The van der Waals surface area contributed by atoms with E-state index in [4.69, 9.17) is 0 Å². The summed E-state index contributed by atoms with van der Waals surface area (Å²) in [5.41, 5.74) is 1.70. The molecule has 7 nitrogen and oxygen atoms in total. The summed E-state index contributed by atoms with van der Waals surface area (Å²) < 4.78 is 0. The number of aromatic amines is 1. The van der Waals surface area contributed by atoms with Gasteiger partial charge < -0.3 is 15.2 Å². The number of carboxylic acid groups (broad SMARTS) is 1. The maximum absolute atomic E-state index is 10.9. The van der Waals surface area contributed by atoms with E-state index in [0.717, 1.165) is 22.7 Å². The SMILES string of the molecule is Cc1cc(Nc2cc(C)[nH]n2)nc(-c2ccc(C(=O)[O-])s2)n1.[Li+]. The second kappa shape index (κ2) is 6.96. The van der Waals surface area contributed by atoms with Crippen molar-refractivity contribution in [1.82, 2.24) is 20.2 Å². The third kappa shape index (κ3) is 3.99. The molecule has 0 atom stereocenters. The minimum atomic E-state index is -1.20. The molecular formula is C14H12LiN5O2S. The van der Waals surface area contributed by atoms with Crippen LogP contribution in [0.15, 0.2) is 24.3 Å². The molecule has 112 valence electrons. The Balaban J connectivity index is 0.00000192. The van der Waals surface area contributed by atoms with Crippen molar-refractivity contribution in [2.75, 3.05) is 5.32 Å². The van der Waals surface area contributed by atoms with Gasteiger partial charge in [-0.3, -0.25) is 5.10 Å². The first-order valence-corrected chi connectivity index (χ1v) is 7.29. The summed E-state index contributed by atoms with van der Waals surface area (Å²) in [5.74, 6) is 0.516. The Hall–Kier alpha value is -2.14. The van der Waals surface area contributed by atoms with Gasteiger partial charge in [-0.15, -0.1) is 11.3 Å². The van der Waals surface area contributed by atoms with Crippen molar-refractivity contribution in [1.29, 1.82) is 0 Å². The van der Waals surface area contributed by atoms with Crippen LogP contribution in [0.5, 0.6) is 0 Å². The van der Waals surface area contributed by atoms with Gasteiger partial charge in [0.05, 0.1) is 15.7 Å². The number of nitrogens with zero attached hydrogens (tertiary/aromatic N) is 3. The molecule has 0 bridgehead atoms. The number of hydrogen-bond donors (Lipinski definition) is 2. The molecule has 2 N–H and O–H groups in total. The standard InChI is InChI=1S/C14H13N5O2S.Li/c1-7-5-11(16-12-6-8(2)18-19-12)17-13(15-7)9-3-4-10(22-9)14(20)21;/h3-6H,1-2H3,(H,20,21)(H2,15,16,17,18,19);/q;+1/p-1.